The van der Waals surface area contributed by atoms with Crippen LogP contribution >= 0.6 is 0 Å². The van der Waals surface area contributed by atoms with Crippen LogP contribution in [0, 0.1) is 11.8 Å². The lowest BCUT2D eigenvalue weighted by Gasteiger charge is -2.41. The van der Waals surface area contributed by atoms with Crippen molar-refractivity contribution in [2.45, 2.75) is 78.0 Å². The van der Waals surface area contributed by atoms with Crippen LogP contribution in [0.5, 0.6) is 0 Å². The van der Waals surface area contributed by atoms with Gasteiger partial charge in [0.15, 0.2) is 0 Å². The predicted molar refractivity (Wildman–Crippen MR) is 96.3 cm³/mol. The van der Waals surface area contributed by atoms with Crippen molar-refractivity contribution in [3.63, 3.8) is 0 Å². The smallest absolute Gasteiger partial charge is 0.407 e. The number of hydrogen-bond donors (Lipinski definition) is 1. The van der Waals surface area contributed by atoms with Gasteiger partial charge in [0, 0.05) is 18.5 Å². The lowest BCUT2D eigenvalue weighted by molar-refractivity contribution is -0.147. The number of ether oxygens (including phenoxy) is 2. The quantitative estimate of drug-likeness (QED) is 0.846. The molecule has 1 unspecified atom stereocenters. The third kappa shape index (κ3) is 5.87. The van der Waals surface area contributed by atoms with Crippen molar-refractivity contribution in [1.29, 1.82) is 0 Å². The van der Waals surface area contributed by atoms with Gasteiger partial charge >= 0.3 is 6.09 Å². The van der Waals surface area contributed by atoms with Crippen molar-refractivity contribution in [2.75, 3.05) is 19.8 Å². The van der Waals surface area contributed by atoms with Gasteiger partial charge in [-0.25, -0.2) is 4.79 Å². The summed E-state index contributed by atoms with van der Waals surface area (Å²) in [4.78, 5) is 26.9. The Balaban J connectivity index is 1.83. The van der Waals surface area contributed by atoms with Gasteiger partial charge in [0.05, 0.1) is 19.3 Å². The third-order valence-electron chi connectivity index (χ3n) is 5.02. The number of carbonyl (C=O) groups excluding carboxylic acids is 2. The minimum atomic E-state index is -0.487. The van der Waals surface area contributed by atoms with Crippen molar-refractivity contribution in [2.24, 2.45) is 11.8 Å². The van der Waals surface area contributed by atoms with Crippen LogP contribution in [0.1, 0.15) is 60.3 Å². The Morgan fingerprint density at radius 2 is 1.80 bits per heavy atom. The number of alkyl carbamates (subject to hydrolysis) is 1. The van der Waals surface area contributed by atoms with Crippen LogP contribution in [0.4, 0.5) is 4.79 Å². The predicted octanol–water partition coefficient (Wildman–Crippen LogP) is 2.95. The number of nitrogens with one attached hydrogen (secondary N) is 1. The van der Waals surface area contributed by atoms with E-state index in [4.69, 9.17) is 9.47 Å². The number of carbonyl (C=O) groups is 2. The first-order valence-electron chi connectivity index (χ1n) is 9.55. The SMILES string of the molecule is CC(C)C1COCCN1C(=O)C1CCC(NC(=O)OC(C)(C)C)CC1. The fraction of sp³-hybridized carbons (Fsp3) is 0.895. The van der Waals surface area contributed by atoms with Crippen LogP contribution in [-0.2, 0) is 14.3 Å². The zero-order valence-corrected chi connectivity index (χ0v) is 16.3. The minimum Gasteiger partial charge on any atom is -0.444 e. The second kappa shape index (κ2) is 8.39. The van der Waals surface area contributed by atoms with Crippen molar-refractivity contribution in [3.05, 3.63) is 0 Å². The lowest BCUT2D eigenvalue weighted by atomic mass is 9.84. The van der Waals surface area contributed by atoms with E-state index in [1.165, 1.54) is 0 Å². The van der Waals surface area contributed by atoms with E-state index >= 15 is 0 Å². The molecule has 0 spiro atoms. The Kier molecular flexibility index (Phi) is 6.72. The molecule has 1 N–H and O–H groups in total. The summed E-state index contributed by atoms with van der Waals surface area (Å²) >= 11 is 0. The molecule has 1 aliphatic heterocycles. The molecule has 2 aliphatic rings. The maximum atomic E-state index is 12.9. The van der Waals surface area contributed by atoms with Crippen molar-refractivity contribution >= 4 is 12.0 Å². The molecule has 0 radical (unpaired) electrons. The van der Waals surface area contributed by atoms with Crippen LogP contribution in [0.2, 0.25) is 0 Å². The van der Waals surface area contributed by atoms with Gasteiger partial charge in [-0.05, 0) is 52.4 Å². The van der Waals surface area contributed by atoms with Gasteiger partial charge in [-0.2, -0.15) is 0 Å². The molecule has 1 heterocycles. The highest BCUT2D eigenvalue weighted by atomic mass is 16.6. The molecule has 0 aromatic rings. The summed E-state index contributed by atoms with van der Waals surface area (Å²) in [6, 6.07) is 0.281. The molecule has 2 fully saturated rings. The molecular weight excluding hydrogens is 320 g/mol. The fourth-order valence-electron chi connectivity index (χ4n) is 3.64. The van der Waals surface area contributed by atoms with Crippen LogP contribution < -0.4 is 5.32 Å². The molecule has 0 aromatic carbocycles. The summed E-state index contributed by atoms with van der Waals surface area (Å²) in [5.41, 5.74) is -0.487. The zero-order chi connectivity index (χ0) is 18.6. The second-order valence-electron chi connectivity index (χ2n) is 8.61. The first-order valence-corrected chi connectivity index (χ1v) is 9.55. The van der Waals surface area contributed by atoms with Gasteiger partial charge in [-0.15, -0.1) is 0 Å². The van der Waals surface area contributed by atoms with Gasteiger partial charge in [0.1, 0.15) is 5.60 Å². The second-order valence-corrected chi connectivity index (χ2v) is 8.61. The molecule has 144 valence electrons. The van der Waals surface area contributed by atoms with Crippen LogP contribution in [0.3, 0.4) is 0 Å². The Morgan fingerprint density at radius 1 is 1.16 bits per heavy atom. The van der Waals surface area contributed by atoms with E-state index in [0.717, 1.165) is 25.7 Å². The third-order valence-corrected chi connectivity index (χ3v) is 5.02. The van der Waals surface area contributed by atoms with E-state index in [9.17, 15) is 9.59 Å². The van der Waals surface area contributed by atoms with Crippen molar-refractivity contribution in [3.8, 4) is 0 Å². The topological polar surface area (TPSA) is 67.9 Å². The first kappa shape index (κ1) is 20.0. The van der Waals surface area contributed by atoms with Gasteiger partial charge in [-0.1, -0.05) is 13.8 Å². The highest BCUT2D eigenvalue weighted by molar-refractivity contribution is 5.79. The van der Waals surface area contributed by atoms with E-state index < -0.39 is 5.60 Å². The molecule has 6 nitrogen and oxygen atoms in total. The standard InChI is InChI=1S/C19H34N2O4/c1-13(2)16-12-24-11-10-21(16)17(22)14-6-8-15(9-7-14)20-18(23)25-19(3,4)5/h13-16H,6-12H2,1-5H3,(H,20,23). The van der Waals surface area contributed by atoms with Gasteiger partial charge in [0.2, 0.25) is 5.91 Å². The summed E-state index contributed by atoms with van der Waals surface area (Å²) < 4.78 is 10.9. The lowest BCUT2D eigenvalue weighted by Crippen LogP contribution is -2.53. The van der Waals surface area contributed by atoms with Gasteiger partial charge in [-0.3, -0.25) is 4.79 Å². The number of hydrogen-bond acceptors (Lipinski definition) is 4. The summed E-state index contributed by atoms with van der Waals surface area (Å²) in [7, 11) is 0. The van der Waals surface area contributed by atoms with Gasteiger partial charge in [0.25, 0.3) is 0 Å². The molecule has 2 rings (SSSR count). The summed E-state index contributed by atoms with van der Waals surface area (Å²) in [6.45, 7) is 11.8. The maximum Gasteiger partial charge on any atom is 0.407 e. The molecule has 2 amide bonds. The fourth-order valence-corrected chi connectivity index (χ4v) is 3.64. The van der Waals surface area contributed by atoms with E-state index in [1.54, 1.807) is 0 Å². The zero-order valence-electron chi connectivity index (χ0n) is 16.3. The Morgan fingerprint density at radius 3 is 2.36 bits per heavy atom. The average molecular weight is 354 g/mol. The maximum absolute atomic E-state index is 12.9. The molecular formula is C19H34N2O4. The number of morpholine rings is 1. The van der Waals surface area contributed by atoms with Crippen molar-refractivity contribution < 1.29 is 19.1 Å². The number of amides is 2. The number of nitrogens with zero attached hydrogens (tertiary/aromatic N) is 1. The molecule has 1 saturated heterocycles. The molecule has 1 atom stereocenters. The number of rotatable bonds is 3. The average Bonchev–Trinajstić information content (AvgIpc) is 2.53. The normalized spacial score (nSPS) is 27.9. The summed E-state index contributed by atoms with van der Waals surface area (Å²) in [6.07, 6.45) is 2.93. The minimum absolute atomic E-state index is 0.0658. The highest BCUT2D eigenvalue weighted by Crippen LogP contribution is 2.28. The molecule has 1 aliphatic carbocycles. The van der Waals surface area contributed by atoms with Crippen LogP contribution in [0.25, 0.3) is 0 Å². The van der Waals surface area contributed by atoms with Crippen LogP contribution in [-0.4, -0.2) is 54.3 Å². The Labute approximate surface area is 151 Å². The van der Waals surface area contributed by atoms with E-state index in [0.29, 0.717) is 25.7 Å². The summed E-state index contributed by atoms with van der Waals surface area (Å²) in [5, 5.41) is 2.94. The van der Waals surface area contributed by atoms with Gasteiger partial charge < -0.3 is 19.7 Å². The largest absolute Gasteiger partial charge is 0.444 e. The first-order chi connectivity index (χ1) is 11.7. The molecule has 1 saturated carbocycles. The molecule has 6 heteroatoms. The highest BCUT2D eigenvalue weighted by Gasteiger charge is 2.35. The summed E-state index contributed by atoms with van der Waals surface area (Å²) in [5.74, 6) is 0.725. The van der Waals surface area contributed by atoms with E-state index in [1.807, 2.05) is 25.7 Å². The Hall–Kier alpha value is -1.30. The van der Waals surface area contributed by atoms with Crippen molar-refractivity contribution in [1.82, 2.24) is 10.2 Å². The molecule has 25 heavy (non-hydrogen) atoms. The monoisotopic (exact) mass is 354 g/mol. The van der Waals surface area contributed by atoms with E-state index in [-0.39, 0.29) is 30.0 Å². The van der Waals surface area contributed by atoms with E-state index in [2.05, 4.69) is 19.2 Å². The molecule has 0 bridgehead atoms. The molecule has 0 aromatic heterocycles. The Bertz CT molecular complexity index is 465. The van der Waals surface area contributed by atoms with Crippen LogP contribution in [0.15, 0.2) is 0 Å².